The molecule has 2 aromatic carbocycles. The number of halogens is 1. The number of anilines is 1. The van der Waals surface area contributed by atoms with Gasteiger partial charge in [0, 0.05) is 0 Å². The van der Waals surface area contributed by atoms with Gasteiger partial charge in [-0.1, -0.05) is 37.3 Å². The van der Waals surface area contributed by atoms with Crippen LogP contribution in [0.2, 0.25) is 0 Å². The topological polar surface area (TPSA) is 20.3 Å². The minimum atomic E-state index is -0.372. The predicted molar refractivity (Wildman–Crippen MR) is 79.2 cm³/mol. The van der Waals surface area contributed by atoms with Crippen LogP contribution in [0.25, 0.3) is 0 Å². The summed E-state index contributed by atoms with van der Waals surface area (Å²) in [4.78, 5) is 12.7. The number of nitrogens with zero attached hydrogens (tertiary/aromatic N) is 1. The first-order valence-electron chi connectivity index (χ1n) is 6.70. The third-order valence-corrected chi connectivity index (χ3v) is 3.46. The van der Waals surface area contributed by atoms with E-state index >= 15 is 0 Å². The molecule has 104 valence electrons. The highest BCUT2D eigenvalue weighted by molar-refractivity contribution is 5.75. The second-order valence-corrected chi connectivity index (χ2v) is 4.80. The van der Waals surface area contributed by atoms with E-state index in [1.165, 1.54) is 11.0 Å². The molecule has 0 aromatic heterocycles. The molecule has 1 amide bonds. The number of amides is 1. The molecule has 20 heavy (non-hydrogen) atoms. The van der Waals surface area contributed by atoms with Gasteiger partial charge in [-0.25, -0.2) is 4.39 Å². The van der Waals surface area contributed by atoms with E-state index in [0.717, 1.165) is 23.1 Å². The van der Waals surface area contributed by atoms with Crippen molar-refractivity contribution < 1.29 is 9.18 Å². The van der Waals surface area contributed by atoms with Gasteiger partial charge in [0.25, 0.3) is 0 Å². The van der Waals surface area contributed by atoms with E-state index in [4.69, 9.17) is 0 Å². The molecule has 0 spiro atoms. The number of hydrogen-bond donors (Lipinski definition) is 0. The summed E-state index contributed by atoms with van der Waals surface area (Å²) in [5.74, 6) is -0.372. The third kappa shape index (κ3) is 3.05. The van der Waals surface area contributed by atoms with Gasteiger partial charge in [0.1, 0.15) is 5.82 Å². The molecule has 0 fully saturated rings. The Morgan fingerprint density at radius 3 is 2.60 bits per heavy atom. The molecule has 0 radical (unpaired) electrons. The van der Waals surface area contributed by atoms with Crippen LogP contribution in [0.4, 0.5) is 10.1 Å². The van der Waals surface area contributed by atoms with E-state index < -0.39 is 0 Å². The second-order valence-electron chi connectivity index (χ2n) is 4.80. The normalized spacial score (nSPS) is 10.3. The lowest BCUT2D eigenvalue weighted by atomic mass is 10.1. The van der Waals surface area contributed by atoms with Crippen molar-refractivity contribution in [2.45, 2.75) is 26.8 Å². The summed E-state index contributed by atoms with van der Waals surface area (Å²) in [5, 5.41) is 0. The van der Waals surface area contributed by atoms with E-state index in [2.05, 4.69) is 0 Å². The number of hydrogen-bond acceptors (Lipinski definition) is 1. The van der Waals surface area contributed by atoms with Crippen molar-refractivity contribution in [1.29, 1.82) is 0 Å². The highest BCUT2D eigenvalue weighted by Gasteiger charge is 2.13. The van der Waals surface area contributed by atoms with Gasteiger partial charge < -0.3 is 4.90 Å². The van der Waals surface area contributed by atoms with E-state index in [9.17, 15) is 9.18 Å². The van der Waals surface area contributed by atoms with Crippen LogP contribution in [0.1, 0.15) is 23.6 Å². The highest BCUT2D eigenvalue weighted by Crippen LogP contribution is 2.23. The first-order valence-corrected chi connectivity index (χ1v) is 6.70. The largest absolute Gasteiger partial charge is 0.308 e. The predicted octanol–water partition coefficient (Wildman–Crippen LogP) is 3.86. The van der Waals surface area contributed by atoms with Crippen LogP contribution < -0.4 is 4.90 Å². The molecule has 2 aromatic rings. The Balaban J connectivity index is 2.33. The molecule has 0 aliphatic carbocycles. The van der Waals surface area contributed by atoms with Crippen LogP contribution in [-0.4, -0.2) is 6.41 Å². The zero-order valence-electron chi connectivity index (χ0n) is 11.8. The quantitative estimate of drug-likeness (QED) is 0.756. The van der Waals surface area contributed by atoms with Gasteiger partial charge in [0.2, 0.25) is 6.41 Å². The second kappa shape index (κ2) is 6.33. The van der Waals surface area contributed by atoms with Crippen molar-refractivity contribution in [3.8, 4) is 0 Å². The Labute approximate surface area is 118 Å². The Morgan fingerprint density at radius 2 is 1.95 bits per heavy atom. The third-order valence-electron chi connectivity index (χ3n) is 3.46. The molecule has 0 bridgehead atoms. The van der Waals surface area contributed by atoms with Crippen molar-refractivity contribution in [3.05, 3.63) is 65.0 Å². The number of carbonyl (C=O) groups is 1. The Morgan fingerprint density at radius 1 is 1.20 bits per heavy atom. The van der Waals surface area contributed by atoms with Crippen molar-refractivity contribution in [3.63, 3.8) is 0 Å². The molecular weight excluding hydrogens is 253 g/mol. The van der Waals surface area contributed by atoms with Gasteiger partial charge in [0.15, 0.2) is 0 Å². The van der Waals surface area contributed by atoms with Gasteiger partial charge in [-0.2, -0.15) is 0 Å². The smallest absolute Gasteiger partial charge is 0.214 e. The minimum absolute atomic E-state index is 0.336. The van der Waals surface area contributed by atoms with E-state index in [0.29, 0.717) is 18.6 Å². The summed E-state index contributed by atoms with van der Waals surface area (Å²) in [6.07, 6.45) is 1.49. The Kier molecular flexibility index (Phi) is 4.51. The van der Waals surface area contributed by atoms with Gasteiger partial charge >= 0.3 is 0 Å². The zero-order chi connectivity index (χ0) is 14.5. The Hall–Kier alpha value is -2.16. The molecule has 0 saturated heterocycles. The van der Waals surface area contributed by atoms with Crippen LogP contribution in [0.3, 0.4) is 0 Å². The highest BCUT2D eigenvalue weighted by atomic mass is 19.1. The van der Waals surface area contributed by atoms with Crippen molar-refractivity contribution in [2.24, 2.45) is 0 Å². The molecule has 0 saturated carbocycles. The molecule has 0 heterocycles. The average molecular weight is 271 g/mol. The zero-order valence-corrected chi connectivity index (χ0v) is 11.8. The maximum Gasteiger partial charge on any atom is 0.214 e. The number of benzene rings is 2. The van der Waals surface area contributed by atoms with Gasteiger partial charge in [0.05, 0.1) is 12.2 Å². The monoisotopic (exact) mass is 271 g/mol. The summed E-state index contributed by atoms with van der Waals surface area (Å²) in [5.41, 5.74) is 3.45. The van der Waals surface area contributed by atoms with Crippen molar-refractivity contribution in [2.75, 3.05) is 4.90 Å². The average Bonchev–Trinajstić information content (AvgIpc) is 2.47. The lowest BCUT2D eigenvalue weighted by Crippen LogP contribution is -2.22. The number of rotatable bonds is 5. The van der Waals surface area contributed by atoms with Crippen LogP contribution >= 0.6 is 0 Å². The molecule has 0 unspecified atom stereocenters. The maximum atomic E-state index is 13.9. The van der Waals surface area contributed by atoms with Gasteiger partial charge in [-0.15, -0.1) is 0 Å². The molecule has 3 heteroatoms. The number of carbonyl (C=O) groups excluding carboxylic acids is 1. The fraction of sp³-hybridized carbons (Fsp3) is 0.235. The first-order chi connectivity index (χ1) is 9.65. The summed E-state index contributed by atoms with van der Waals surface area (Å²) < 4.78 is 13.9. The molecule has 0 atom stereocenters. The van der Waals surface area contributed by atoms with E-state index in [1.54, 1.807) is 12.1 Å². The lowest BCUT2D eigenvalue weighted by molar-refractivity contribution is -0.107. The van der Waals surface area contributed by atoms with Crippen LogP contribution in [0.15, 0.2) is 42.5 Å². The minimum Gasteiger partial charge on any atom is -0.308 e. The summed E-state index contributed by atoms with van der Waals surface area (Å²) in [7, 11) is 0. The van der Waals surface area contributed by atoms with Crippen LogP contribution in [-0.2, 0) is 17.8 Å². The van der Waals surface area contributed by atoms with Crippen LogP contribution in [0, 0.1) is 12.7 Å². The standard InChI is InChI=1S/C17H18FNO/c1-3-14-8-9-16(18)17(10-14)19(12-20)11-15-7-5-4-6-13(15)2/h4-10,12H,3,11H2,1-2H3. The van der Waals surface area contributed by atoms with E-state index in [-0.39, 0.29) is 5.82 Å². The summed E-state index contributed by atoms with van der Waals surface area (Å²) >= 11 is 0. The van der Waals surface area contributed by atoms with Crippen LogP contribution in [0.5, 0.6) is 0 Å². The fourth-order valence-electron chi connectivity index (χ4n) is 2.15. The summed E-state index contributed by atoms with van der Waals surface area (Å²) in [6.45, 7) is 4.36. The molecule has 2 rings (SSSR count). The fourth-order valence-corrected chi connectivity index (χ4v) is 2.15. The SMILES string of the molecule is CCc1ccc(F)c(N(C=O)Cc2ccccc2C)c1. The lowest BCUT2D eigenvalue weighted by Gasteiger charge is -2.20. The molecule has 0 aliphatic heterocycles. The molecule has 0 aliphatic rings. The molecular formula is C17H18FNO. The molecule has 2 nitrogen and oxygen atoms in total. The maximum absolute atomic E-state index is 13.9. The van der Waals surface area contributed by atoms with Gasteiger partial charge in [-0.3, -0.25) is 4.79 Å². The first kappa shape index (κ1) is 14.3. The Bertz CT molecular complexity index is 610. The van der Waals surface area contributed by atoms with E-state index in [1.807, 2.05) is 38.1 Å². The summed E-state index contributed by atoms with van der Waals surface area (Å²) in [6, 6.07) is 12.7. The van der Waals surface area contributed by atoms with Crippen molar-refractivity contribution in [1.82, 2.24) is 0 Å². The van der Waals surface area contributed by atoms with Gasteiger partial charge in [-0.05, 0) is 42.2 Å². The molecule has 0 N–H and O–H groups in total. The van der Waals surface area contributed by atoms with Crippen molar-refractivity contribution >= 4 is 12.1 Å². The number of aryl methyl sites for hydroxylation is 2.